The van der Waals surface area contributed by atoms with Crippen molar-refractivity contribution in [3.05, 3.63) is 21.9 Å². The largest absolute Gasteiger partial charge is 0.317 e. The minimum absolute atomic E-state index is 0.681. The maximum absolute atomic E-state index is 10.5. The molecule has 1 aromatic rings. The Hall–Kier alpha value is -0.670. The second kappa shape index (κ2) is 4.03. The van der Waals surface area contributed by atoms with Crippen LogP contribution in [-0.4, -0.2) is 19.4 Å². The van der Waals surface area contributed by atoms with Crippen molar-refractivity contribution in [2.75, 3.05) is 13.1 Å². The van der Waals surface area contributed by atoms with Gasteiger partial charge in [-0.3, -0.25) is 4.79 Å². The Morgan fingerprint density at radius 1 is 1.38 bits per heavy atom. The molecule has 1 N–H and O–H groups in total. The summed E-state index contributed by atoms with van der Waals surface area (Å²) >= 11 is 1.64. The van der Waals surface area contributed by atoms with Crippen molar-refractivity contribution in [1.29, 1.82) is 0 Å². The minimum Gasteiger partial charge on any atom is -0.317 e. The van der Waals surface area contributed by atoms with Gasteiger partial charge in [-0.15, -0.1) is 11.3 Å². The van der Waals surface area contributed by atoms with Crippen LogP contribution in [0, 0.1) is 0 Å². The van der Waals surface area contributed by atoms with E-state index in [4.69, 9.17) is 0 Å². The molecular weight excluding hydrogens is 182 g/mol. The van der Waals surface area contributed by atoms with Crippen molar-refractivity contribution in [2.24, 2.45) is 0 Å². The van der Waals surface area contributed by atoms with E-state index < -0.39 is 0 Å². The van der Waals surface area contributed by atoms with E-state index in [1.165, 1.54) is 17.7 Å². The summed E-state index contributed by atoms with van der Waals surface area (Å²) in [5.74, 6) is 0.681. The lowest BCUT2D eigenvalue weighted by Gasteiger charge is -2.21. The van der Waals surface area contributed by atoms with Gasteiger partial charge in [0.25, 0.3) is 0 Å². The Labute approximate surface area is 82.0 Å². The summed E-state index contributed by atoms with van der Waals surface area (Å²) in [5.41, 5.74) is 0. The zero-order valence-corrected chi connectivity index (χ0v) is 8.27. The van der Waals surface area contributed by atoms with E-state index in [2.05, 4.69) is 11.4 Å². The monoisotopic (exact) mass is 195 g/mol. The molecule has 1 aliphatic heterocycles. The first-order valence-electron chi connectivity index (χ1n) is 4.66. The Morgan fingerprint density at radius 2 is 2.15 bits per heavy atom. The smallest absolute Gasteiger partial charge is 0.160 e. The fourth-order valence-electron chi connectivity index (χ4n) is 1.76. The van der Waals surface area contributed by atoms with Crippen LogP contribution < -0.4 is 5.32 Å². The summed E-state index contributed by atoms with van der Waals surface area (Å²) < 4.78 is 0. The molecule has 70 valence electrons. The number of carbonyl (C=O) groups excluding carboxylic acids is 1. The number of nitrogens with one attached hydrogen (secondary N) is 1. The van der Waals surface area contributed by atoms with Gasteiger partial charge in [-0.05, 0) is 44.0 Å². The molecule has 0 aromatic carbocycles. The third kappa shape index (κ3) is 1.98. The second-order valence-electron chi connectivity index (χ2n) is 3.38. The van der Waals surface area contributed by atoms with Gasteiger partial charge in [0, 0.05) is 4.88 Å². The number of hydrogen-bond acceptors (Lipinski definition) is 3. The highest BCUT2D eigenvalue weighted by Crippen LogP contribution is 2.30. The molecule has 0 atom stereocenters. The molecule has 0 saturated carbocycles. The average Bonchev–Trinajstić information content (AvgIpc) is 2.67. The van der Waals surface area contributed by atoms with E-state index >= 15 is 0 Å². The zero-order chi connectivity index (χ0) is 9.10. The molecule has 1 aliphatic rings. The predicted octanol–water partition coefficient (Wildman–Crippen LogP) is 2.03. The van der Waals surface area contributed by atoms with E-state index in [-0.39, 0.29) is 0 Å². The number of hydrogen-bond donors (Lipinski definition) is 1. The average molecular weight is 195 g/mol. The maximum atomic E-state index is 10.5. The van der Waals surface area contributed by atoms with Gasteiger partial charge in [0.05, 0.1) is 4.88 Å². The first-order chi connectivity index (χ1) is 6.40. The van der Waals surface area contributed by atoms with Crippen molar-refractivity contribution >= 4 is 17.6 Å². The summed E-state index contributed by atoms with van der Waals surface area (Å²) in [6.45, 7) is 2.22. The highest BCUT2D eigenvalue weighted by Gasteiger charge is 2.16. The Bertz CT molecular complexity index is 289. The van der Waals surface area contributed by atoms with E-state index in [0.717, 1.165) is 24.3 Å². The molecule has 1 saturated heterocycles. The summed E-state index contributed by atoms with van der Waals surface area (Å²) in [6, 6.07) is 4.03. The summed E-state index contributed by atoms with van der Waals surface area (Å²) in [6.07, 6.45) is 3.35. The van der Waals surface area contributed by atoms with E-state index in [1.54, 1.807) is 11.3 Å². The fraction of sp³-hybridized carbons (Fsp3) is 0.500. The van der Waals surface area contributed by atoms with Gasteiger partial charge in [0.15, 0.2) is 6.29 Å². The molecule has 2 nitrogen and oxygen atoms in total. The van der Waals surface area contributed by atoms with Crippen LogP contribution in [0.25, 0.3) is 0 Å². The summed E-state index contributed by atoms with van der Waals surface area (Å²) in [7, 11) is 0. The molecule has 2 heterocycles. The van der Waals surface area contributed by atoms with E-state index in [1.807, 2.05) is 6.07 Å². The van der Waals surface area contributed by atoms with Crippen LogP contribution >= 0.6 is 11.3 Å². The van der Waals surface area contributed by atoms with Crippen molar-refractivity contribution in [3.63, 3.8) is 0 Å². The molecule has 0 radical (unpaired) electrons. The number of aldehydes is 1. The molecule has 13 heavy (non-hydrogen) atoms. The summed E-state index contributed by atoms with van der Waals surface area (Å²) in [5, 5.41) is 3.34. The number of thiophene rings is 1. The maximum Gasteiger partial charge on any atom is 0.160 e. The van der Waals surface area contributed by atoms with Gasteiger partial charge in [-0.25, -0.2) is 0 Å². The van der Waals surface area contributed by atoms with Crippen LogP contribution in [0.2, 0.25) is 0 Å². The lowest BCUT2D eigenvalue weighted by Crippen LogP contribution is -2.26. The van der Waals surface area contributed by atoms with Crippen molar-refractivity contribution in [3.8, 4) is 0 Å². The molecule has 0 aliphatic carbocycles. The van der Waals surface area contributed by atoms with Crippen LogP contribution in [0.1, 0.15) is 33.3 Å². The van der Waals surface area contributed by atoms with Gasteiger partial charge in [0.2, 0.25) is 0 Å². The second-order valence-corrected chi connectivity index (χ2v) is 4.53. The Balaban J connectivity index is 2.09. The van der Waals surface area contributed by atoms with Crippen molar-refractivity contribution in [2.45, 2.75) is 18.8 Å². The fourth-order valence-corrected chi connectivity index (χ4v) is 2.75. The topological polar surface area (TPSA) is 29.1 Å². The van der Waals surface area contributed by atoms with Crippen LogP contribution in [0.3, 0.4) is 0 Å². The lowest BCUT2D eigenvalue weighted by atomic mass is 9.97. The van der Waals surface area contributed by atoms with Gasteiger partial charge >= 0.3 is 0 Å². The van der Waals surface area contributed by atoms with Crippen molar-refractivity contribution in [1.82, 2.24) is 5.32 Å². The first kappa shape index (κ1) is 8.91. The SMILES string of the molecule is O=Cc1ccc(C2CCNCC2)s1. The van der Waals surface area contributed by atoms with Gasteiger partial charge in [0.1, 0.15) is 0 Å². The molecule has 3 heteroatoms. The Kier molecular flexibility index (Phi) is 2.76. The molecule has 0 unspecified atom stereocenters. The normalized spacial score (nSPS) is 18.8. The predicted molar refractivity (Wildman–Crippen MR) is 54.6 cm³/mol. The summed E-state index contributed by atoms with van der Waals surface area (Å²) in [4.78, 5) is 12.7. The number of piperidine rings is 1. The van der Waals surface area contributed by atoms with Gasteiger partial charge < -0.3 is 5.32 Å². The standard InChI is InChI=1S/C10H13NOS/c12-7-9-1-2-10(13-9)8-3-5-11-6-4-8/h1-2,7-8,11H,3-6H2. The van der Waals surface area contributed by atoms with Crippen molar-refractivity contribution < 1.29 is 4.79 Å². The van der Waals surface area contributed by atoms with Crippen LogP contribution in [0.5, 0.6) is 0 Å². The molecule has 1 aromatic heterocycles. The van der Waals surface area contributed by atoms with Crippen LogP contribution in [0.4, 0.5) is 0 Å². The lowest BCUT2D eigenvalue weighted by molar-refractivity contribution is 0.112. The molecule has 0 bridgehead atoms. The van der Waals surface area contributed by atoms with Gasteiger partial charge in [-0.2, -0.15) is 0 Å². The molecule has 0 spiro atoms. The van der Waals surface area contributed by atoms with Gasteiger partial charge in [-0.1, -0.05) is 0 Å². The molecule has 2 rings (SSSR count). The van der Waals surface area contributed by atoms with Crippen LogP contribution in [-0.2, 0) is 0 Å². The number of rotatable bonds is 2. The Morgan fingerprint density at radius 3 is 2.77 bits per heavy atom. The highest BCUT2D eigenvalue weighted by atomic mass is 32.1. The highest BCUT2D eigenvalue weighted by molar-refractivity contribution is 7.13. The van der Waals surface area contributed by atoms with E-state index in [0.29, 0.717) is 5.92 Å². The van der Waals surface area contributed by atoms with Crippen LogP contribution in [0.15, 0.2) is 12.1 Å². The number of carbonyl (C=O) groups is 1. The quantitative estimate of drug-likeness (QED) is 0.732. The third-order valence-electron chi connectivity index (χ3n) is 2.51. The molecule has 1 fully saturated rings. The first-order valence-corrected chi connectivity index (χ1v) is 5.47. The zero-order valence-electron chi connectivity index (χ0n) is 7.45. The third-order valence-corrected chi connectivity index (χ3v) is 3.68. The minimum atomic E-state index is 0.681. The van der Waals surface area contributed by atoms with E-state index in [9.17, 15) is 4.79 Å². The molecule has 0 amide bonds. The molecular formula is C10H13NOS.